The summed E-state index contributed by atoms with van der Waals surface area (Å²) >= 11 is 11.8. The highest BCUT2D eigenvalue weighted by molar-refractivity contribution is 6.42. The van der Waals surface area contributed by atoms with Gasteiger partial charge in [-0.2, -0.15) is 0 Å². The molecule has 7 heteroatoms. The number of aryl methyl sites for hydroxylation is 2. The number of carbonyl (C=O) groups excluding carboxylic acids is 2. The summed E-state index contributed by atoms with van der Waals surface area (Å²) in [5.74, 6) is -0.331. The van der Waals surface area contributed by atoms with Crippen molar-refractivity contribution in [3.8, 4) is 0 Å². The van der Waals surface area contributed by atoms with Gasteiger partial charge in [0.1, 0.15) is 0 Å². The van der Waals surface area contributed by atoms with Gasteiger partial charge in [0.25, 0.3) is 11.8 Å². The summed E-state index contributed by atoms with van der Waals surface area (Å²) in [7, 11) is 1.80. The molecular formula is C20H24Cl2N3O2+. The molecule has 0 bridgehead atoms. The van der Waals surface area contributed by atoms with Crippen LogP contribution in [0.4, 0.5) is 11.4 Å². The first-order chi connectivity index (χ1) is 12.8. The Morgan fingerprint density at radius 3 is 2.30 bits per heavy atom. The highest BCUT2D eigenvalue weighted by atomic mass is 35.5. The van der Waals surface area contributed by atoms with Crippen LogP contribution >= 0.6 is 23.2 Å². The van der Waals surface area contributed by atoms with Crippen LogP contribution in [0.5, 0.6) is 0 Å². The first kappa shape index (κ1) is 21.2. The molecule has 1 atom stereocenters. The van der Waals surface area contributed by atoms with E-state index in [1.54, 1.807) is 25.2 Å². The van der Waals surface area contributed by atoms with Gasteiger partial charge >= 0.3 is 0 Å². The molecule has 0 fully saturated rings. The SMILES string of the molecule is CCc1cccc(C)c1NC(=O)C[NH+](C)CC(=O)Nc1ccc(Cl)c(Cl)c1. The minimum atomic E-state index is -0.205. The molecule has 0 aliphatic rings. The van der Waals surface area contributed by atoms with E-state index in [9.17, 15) is 9.59 Å². The Labute approximate surface area is 169 Å². The fourth-order valence-electron chi connectivity index (χ4n) is 2.78. The monoisotopic (exact) mass is 408 g/mol. The van der Waals surface area contributed by atoms with Crippen LogP contribution in [0, 0.1) is 6.92 Å². The first-order valence-corrected chi connectivity index (χ1v) is 9.50. The number of anilines is 2. The molecule has 2 rings (SSSR count). The molecule has 144 valence electrons. The zero-order chi connectivity index (χ0) is 20.0. The largest absolute Gasteiger partial charge is 0.322 e. The number of amides is 2. The molecule has 0 spiro atoms. The van der Waals surface area contributed by atoms with E-state index in [1.165, 1.54) is 0 Å². The second kappa shape index (κ2) is 9.74. The van der Waals surface area contributed by atoms with Gasteiger partial charge in [-0.3, -0.25) is 9.59 Å². The molecule has 0 heterocycles. The van der Waals surface area contributed by atoms with Gasteiger partial charge in [0, 0.05) is 11.4 Å². The quantitative estimate of drug-likeness (QED) is 0.659. The molecule has 27 heavy (non-hydrogen) atoms. The Bertz CT molecular complexity index is 840. The van der Waals surface area contributed by atoms with Crippen molar-refractivity contribution in [2.75, 3.05) is 30.8 Å². The zero-order valence-corrected chi connectivity index (χ0v) is 17.2. The van der Waals surface area contributed by atoms with Gasteiger partial charge in [-0.05, 0) is 42.7 Å². The fourth-order valence-corrected chi connectivity index (χ4v) is 3.07. The van der Waals surface area contributed by atoms with E-state index in [0.29, 0.717) is 15.7 Å². The van der Waals surface area contributed by atoms with Crippen LogP contribution in [-0.4, -0.2) is 32.0 Å². The molecular weight excluding hydrogens is 385 g/mol. The smallest absolute Gasteiger partial charge is 0.279 e. The van der Waals surface area contributed by atoms with Gasteiger partial charge in [0.15, 0.2) is 13.1 Å². The lowest BCUT2D eigenvalue weighted by Gasteiger charge is -2.16. The van der Waals surface area contributed by atoms with Crippen molar-refractivity contribution in [3.63, 3.8) is 0 Å². The molecule has 2 aromatic rings. The number of hydrogen-bond donors (Lipinski definition) is 3. The van der Waals surface area contributed by atoms with Gasteiger partial charge in [-0.1, -0.05) is 48.3 Å². The second-order valence-electron chi connectivity index (χ2n) is 6.50. The molecule has 0 saturated carbocycles. The third-order valence-corrected chi connectivity index (χ3v) is 4.87. The van der Waals surface area contributed by atoms with Gasteiger partial charge in [0.05, 0.1) is 17.1 Å². The predicted octanol–water partition coefficient (Wildman–Crippen LogP) is 2.96. The van der Waals surface area contributed by atoms with Crippen molar-refractivity contribution in [1.82, 2.24) is 0 Å². The molecule has 1 unspecified atom stereocenters. The van der Waals surface area contributed by atoms with Gasteiger partial charge in [0.2, 0.25) is 0 Å². The van der Waals surface area contributed by atoms with Gasteiger partial charge in [-0.25, -0.2) is 0 Å². The third kappa shape index (κ3) is 6.24. The summed E-state index contributed by atoms with van der Waals surface area (Å²) in [6, 6.07) is 10.8. The topological polar surface area (TPSA) is 62.6 Å². The van der Waals surface area contributed by atoms with Crippen molar-refractivity contribution in [3.05, 3.63) is 57.6 Å². The molecule has 2 aromatic carbocycles. The van der Waals surface area contributed by atoms with Crippen molar-refractivity contribution >= 4 is 46.4 Å². The average Bonchev–Trinajstić information content (AvgIpc) is 2.59. The maximum atomic E-state index is 12.4. The number of benzene rings is 2. The van der Waals surface area contributed by atoms with Crippen LogP contribution in [0.1, 0.15) is 18.1 Å². The Morgan fingerprint density at radius 2 is 1.67 bits per heavy atom. The Hall–Kier alpha value is -2.08. The van der Waals surface area contributed by atoms with E-state index in [-0.39, 0.29) is 24.9 Å². The number of rotatable bonds is 7. The van der Waals surface area contributed by atoms with Crippen molar-refractivity contribution in [2.45, 2.75) is 20.3 Å². The van der Waals surface area contributed by atoms with Crippen LogP contribution in [0.2, 0.25) is 10.0 Å². The number of nitrogens with one attached hydrogen (secondary N) is 3. The van der Waals surface area contributed by atoms with E-state index in [1.807, 2.05) is 25.1 Å². The number of quaternary nitrogens is 1. The molecule has 3 N–H and O–H groups in total. The predicted molar refractivity (Wildman–Crippen MR) is 111 cm³/mol. The van der Waals surface area contributed by atoms with E-state index < -0.39 is 0 Å². The Kier molecular flexibility index (Phi) is 7.66. The number of halogens is 2. The Morgan fingerprint density at radius 1 is 1.00 bits per heavy atom. The molecule has 2 amide bonds. The lowest BCUT2D eigenvalue weighted by atomic mass is 10.1. The molecule has 0 saturated heterocycles. The van der Waals surface area contributed by atoms with E-state index in [0.717, 1.165) is 28.1 Å². The van der Waals surface area contributed by atoms with E-state index in [4.69, 9.17) is 23.2 Å². The fraction of sp³-hybridized carbons (Fsp3) is 0.300. The minimum Gasteiger partial charge on any atom is -0.322 e. The van der Waals surface area contributed by atoms with E-state index in [2.05, 4.69) is 17.6 Å². The number of para-hydroxylation sites is 1. The van der Waals surface area contributed by atoms with Crippen LogP contribution in [0.3, 0.4) is 0 Å². The summed E-state index contributed by atoms with van der Waals surface area (Å²) in [6.45, 7) is 4.36. The summed E-state index contributed by atoms with van der Waals surface area (Å²) in [4.78, 5) is 25.3. The number of hydrogen-bond acceptors (Lipinski definition) is 2. The average molecular weight is 409 g/mol. The standard InChI is InChI=1S/C20H23Cl2N3O2/c1-4-14-7-5-6-13(2)20(14)24-19(27)12-25(3)11-18(26)23-15-8-9-16(21)17(22)10-15/h5-10H,4,11-12H2,1-3H3,(H,23,26)(H,24,27)/p+1. The summed E-state index contributed by atoms with van der Waals surface area (Å²) in [5, 5.41) is 6.53. The molecule has 0 radical (unpaired) electrons. The Balaban J connectivity index is 1.89. The van der Waals surface area contributed by atoms with Gasteiger partial charge < -0.3 is 15.5 Å². The lowest BCUT2D eigenvalue weighted by Crippen LogP contribution is -3.11. The van der Waals surface area contributed by atoms with E-state index >= 15 is 0 Å². The molecule has 5 nitrogen and oxygen atoms in total. The van der Waals surface area contributed by atoms with Crippen molar-refractivity contribution in [2.24, 2.45) is 0 Å². The number of likely N-dealkylation sites (N-methyl/N-ethyl adjacent to an activating group) is 1. The second-order valence-corrected chi connectivity index (χ2v) is 7.31. The van der Waals surface area contributed by atoms with Crippen LogP contribution in [0.25, 0.3) is 0 Å². The summed E-state index contributed by atoms with van der Waals surface area (Å²) in [5.41, 5.74) is 3.55. The lowest BCUT2D eigenvalue weighted by molar-refractivity contribution is -0.862. The maximum Gasteiger partial charge on any atom is 0.279 e. The van der Waals surface area contributed by atoms with Crippen LogP contribution in [-0.2, 0) is 16.0 Å². The summed E-state index contributed by atoms with van der Waals surface area (Å²) in [6.07, 6.45) is 0.839. The van der Waals surface area contributed by atoms with Gasteiger partial charge in [-0.15, -0.1) is 0 Å². The zero-order valence-electron chi connectivity index (χ0n) is 15.7. The first-order valence-electron chi connectivity index (χ1n) is 8.74. The summed E-state index contributed by atoms with van der Waals surface area (Å²) < 4.78 is 0. The number of carbonyl (C=O) groups is 2. The van der Waals surface area contributed by atoms with Crippen molar-refractivity contribution < 1.29 is 14.5 Å². The molecule has 0 aliphatic heterocycles. The maximum absolute atomic E-state index is 12.4. The van der Waals surface area contributed by atoms with Crippen LogP contribution in [0.15, 0.2) is 36.4 Å². The third-order valence-electron chi connectivity index (χ3n) is 4.13. The minimum absolute atomic E-state index is 0.126. The molecule has 0 aromatic heterocycles. The highest BCUT2D eigenvalue weighted by Crippen LogP contribution is 2.24. The molecule has 0 aliphatic carbocycles. The van der Waals surface area contributed by atoms with Crippen LogP contribution < -0.4 is 15.5 Å². The highest BCUT2D eigenvalue weighted by Gasteiger charge is 2.16. The van der Waals surface area contributed by atoms with Crippen molar-refractivity contribution in [1.29, 1.82) is 0 Å². The normalized spacial score (nSPS) is 11.7.